The van der Waals surface area contributed by atoms with E-state index in [9.17, 15) is 9.59 Å². The van der Waals surface area contributed by atoms with Crippen LogP contribution in [0.5, 0.6) is 0 Å². The van der Waals surface area contributed by atoms with E-state index in [1.807, 2.05) is 44.2 Å². The number of rotatable bonds is 8. The second kappa shape index (κ2) is 9.22. The van der Waals surface area contributed by atoms with E-state index in [1.54, 1.807) is 0 Å². The lowest BCUT2D eigenvalue weighted by Gasteiger charge is -2.23. The zero-order valence-corrected chi connectivity index (χ0v) is 16.4. The molecule has 6 nitrogen and oxygen atoms in total. The molecular weight excluding hydrogens is 340 g/mol. The van der Waals surface area contributed by atoms with Crippen molar-refractivity contribution in [3.8, 4) is 0 Å². The fraction of sp³-hybridized carbons (Fsp3) is 0.619. The summed E-state index contributed by atoms with van der Waals surface area (Å²) >= 11 is 0. The Balaban J connectivity index is 1.41. The number of nitrogens with one attached hydrogen (secondary N) is 3. The summed E-state index contributed by atoms with van der Waals surface area (Å²) in [6.07, 6.45) is 3.81. The fourth-order valence-electron chi connectivity index (χ4n) is 3.66. The van der Waals surface area contributed by atoms with Crippen LogP contribution in [0.4, 0.5) is 4.79 Å². The molecule has 1 saturated carbocycles. The van der Waals surface area contributed by atoms with Gasteiger partial charge in [-0.25, -0.2) is 4.79 Å². The van der Waals surface area contributed by atoms with Crippen molar-refractivity contribution in [3.63, 3.8) is 0 Å². The summed E-state index contributed by atoms with van der Waals surface area (Å²) in [6.45, 7) is 7.27. The number of carbonyl (C=O) groups excluding carboxylic acids is 2. The Morgan fingerprint density at radius 3 is 2.52 bits per heavy atom. The van der Waals surface area contributed by atoms with Crippen molar-refractivity contribution in [2.45, 2.75) is 51.7 Å². The number of amides is 3. The third-order valence-electron chi connectivity index (χ3n) is 5.48. The number of hydrogen-bond donors (Lipinski definition) is 3. The van der Waals surface area contributed by atoms with Gasteiger partial charge >= 0.3 is 6.03 Å². The highest BCUT2D eigenvalue weighted by molar-refractivity contribution is 5.87. The predicted molar refractivity (Wildman–Crippen MR) is 106 cm³/mol. The van der Waals surface area contributed by atoms with Crippen molar-refractivity contribution < 1.29 is 9.59 Å². The smallest absolute Gasteiger partial charge is 0.315 e. The molecule has 2 fully saturated rings. The van der Waals surface area contributed by atoms with Crippen LogP contribution in [-0.2, 0) is 11.3 Å². The van der Waals surface area contributed by atoms with Gasteiger partial charge in [-0.1, -0.05) is 44.2 Å². The summed E-state index contributed by atoms with van der Waals surface area (Å²) < 4.78 is 0. The fourth-order valence-corrected chi connectivity index (χ4v) is 3.66. The lowest BCUT2D eigenvalue weighted by molar-refractivity contribution is -0.124. The summed E-state index contributed by atoms with van der Waals surface area (Å²) in [6, 6.07) is 9.69. The van der Waals surface area contributed by atoms with Gasteiger partial charge in [-0.3, -0.25) is 4.79 Å². The molecule has 2 aliphatic rings. The normalized spacial score (nSPS) is 21.1. The van der Waals surface area contributed by atoms with Crippen LogP contribution in [-0.4, -0.2) is 48.6 Å². The molecule has 3 rings (SSSR count). The Bertz CT molecular complexity index is 630. The first-order valence-electron chi connectivity index (χ1n) is 10.1. The van der Waals surface area contributed by atoms with Crippen LogP contribution in [0.25, 0.3) is 0 Å². The zero-order valence-electron chi connectivity index (χ0n) is 16.4. The average Bonchev–Trinajstić information content (AvgIpc) is 3.41. The minimum Gasteiger partial charge on any atom is -0.354 e. The molecule has 148 valence electrons. The minimum absolute atomic E-state index is 0.0269. The number of hydrogen-bond acceptors (Lipinski definition) is 3. The molecule has 3 amide bonds. The molecular formula is C21H32N4O2. The molecule has 0 bridgehead atoms. The Kier molecular flexibility index (Phi) is 6.72. The molecule has 1 aromatic rings. The average molecular weight is 373 g/mol. The summed E-state index contributed by atoms with van der Waals surface area (Å²) in [5.74, 6) is 0.456. The standard InChI is InChI=1S/C21H32N4O2/c1-15(2)19(24-21(27)23-12-16-6-4-3-5-7-16)20(26)22-13-17-10-11-25(14-17)18-8-9-18/h3-7,15,17-19H,8-14H2,1-2H3,(H,22,26)(H2,23,24,27). The van der Waals surface area contributed by atoms with Gasteiger partial charge in [0.05, 0.1) is 0 Å². The summed E-state index contributed by atoms with van der Waals surface area (Å²) in [5.41, 5.74) is 1.03. The molecule has 3 N–H and O–H groups in total. The van der Waals surface area contributed by atoms with Gasteiger partial charge in [0.15, 0.2) is 0 Å². The van der Waals surface area contributed by atoms with Crippen LogP contribution in [0.3, 0.4) is 0 Å². The van der Waals surface area contributed by atoms with E-state index in [0.717, 1.165) is 31.1 Å². The van der Waals surface area contributed by atoms with Crippen LogP contribution < -0.4 is 16.0 Å². The Morgan fingerprint density at radius 2 is 1.85 bits per heavy atom. The van der Waals surface area contributed by atoms with Crippen LogP contribution in [0.1, 0.15) is 38.7 Å². The van der Waals surface area contributed by atoms with Gasteiger partial charge in [0.2, 0.25) is 5.91 Å². The van der Waals surface area contributed by atoms with Crippen LogP contribution in [0, 0.1) is 11.8 Å². The highest BCUT2D eigenvalue weighted by Gasteiger charge is 2.34. The highest BCUT2D eigenvalue weighted by Crippen LogP contribution is 2.31. The van der Waals surface area contributed by atoms with Crippen molar-refractivity contribution in [3.05, 3.63) is 35.9 Å². The number of carbonyl (C=O) groups is 2. The topological polar surface area (TPSA) is 73.5 Å². The Hall–Kier alpha value is -2.08. The zero-order chi connectivity index (χ0) is 19.2. The quantitative estimate of drug-likeness (QED) is 0.654. The molecule has 2 unspecified atom stereocenters. The van der Waals surface area contributed by atoms with E-state index < -0.39 is 6.04 Å². The molecule has 1 heterocycles. The summed E-state index contributed by atoms with van der Waals surface area (Å²) in [4.78, 5) is 27.4. The van der Waals surface area contributed by atoms with Gasteiger partial charge in [-0.05, 0) is 43.2 Å². The van der Waals surface area contributed by atoms with E-state index in [0.29, 0.717) is 19.0 Å². The first kappa shape index (κ1) is 19.7. The molecule has 1 aliphatic heterocycles. The Labute approximate surface area is 162 Å². The lowest BCUT2D eigenvalue weighted by atomic mass is 10.0. The number of nitrogens with zero attached hydrogens (tertiary/aromatic N) is 1. The molecule has 1 aliphatic carbocycles. The first-order chi connectivity index (χ1) is 13.0. The number of benzene rings is 1. The van der Waals surface area contributed by atoms with Crippen molar-refractivity contribution >= 4 is 11.9 Å². The van der Waals surface area contributed by atoms with Gasteiger partial charge in [-0.2, -0.15) is 0 Å². The second-order valence-electron chi connectivity index (χ2n) is 8.16. The monoisotopic (exact) mass is 372 g/mol. The second-order valence-corrected chi connectivity index (χ2v) is 8.16. The van der Waals surface area contributed by atoms with Gasteiger partial charge in [0.25, 0.3) is 0 Å². The van der Waals surface area contributed by atoms with Gasteiger partial charge in [0.1, 0.15) is 6.04 Å². The maximum Gasteiger partial charge on any atom is 0.315 e. The Morgan fingerprint density at radius 1 is 1.11 bits per heavy atom. The summed E-state index contributed by atoms with van der Waals surface area (Å²) in [5, 5.41) is 8.71. The largest absolute Gasteiger partial charge is 0.354 e. The van der Waals surface area contributed by atoms with Crippen LogP contribution >= 0.6 is 0 Å². The molecule has 27 heavy (non-hydrogen) atoms. The third kappa shape index (κ3) is 5.96. The van der Waals surface area contributed by atoms with E-state index >= 15 is 0 Å². The maximum atomic E-state index is 12.6. The maximum absolute atomic E-state index is 12.6. The van der Waals surface area contributed by atoms with E-state index in [2.05, 4.69) is 20.9 Å². The SMILES string of the molecule is CC(C)C(NC(=O)NCc1ccccc1)C(=O)NCC1CCN(C2CC2)C1. The van der Waals surface area contributed by atoms with E-state index in [-0.39, 0.29) is 17.9 Å². The molecule has 0 aromatic heterocycles. The van der Waals surface area contributed by atoms with Gasteiger partial charge < -0.3 is 20.9 Å². The van der Waals surface area contributed by atoms with Crippen LogP contribution in [0.15, 0.2) is 30.3 Å². The van der Waals surface area contributed by atoms with Crippen LogP contribution in [0.2, 0.25) is 0 Å². The molecule has 0 spiro atoms. The predicted octanol–water partition coefficient (Wildman–Crippen LogP) is 2.11. The molecule has 0 radical (unpaired) electrons. The lowest BCUT2D eigenvalue weighted by Crippen LogP contribution is -2.53. The number of likely N-dealkylation sites (tertiary alicyclic amines) is 1. The van der Waals surface area contributed by atoms with Crippen molar-refractivity contribution in [2.75, 3.05) is 19.6 Å². The van der Waals surface area contributed by atoms with E-state index in [4.69, 9.17) is 0 Å². The molecule has 6 heteroatoms. The van der Waals surface area contributed by atoms with Gasteiger partial charge in [0, 0.05) is 25.7 Å². The first-order valence-corrected chi connectivity index (χ1v) is 10.1. The number of urea groups is 1. The third-order valence-corrected chi connectivity index (χ3v) is 5.48. The van der Waals surface area contributed by atoms with Crippen molar-refractivity contribution in [2.24, 2.45) is 11.8 Å². The minimum atomic E-state index is -0.526. The molecule has 1 aromatic carbocycles. The van der Waals surface area contributed by atoms with E-state index in [1.165, 1.54) is 12.8 Å². The van der Waals surface area contributed by atoms with Gasteiger partial charge in [-0.15, -0.1) is 0 Å². The van der Waals surface area contributed by atoms with Crippen molar-refractivity contribution in [1.29, 1.82) is 0 Å². The summed E-state index contributed by atoms with van der Waals surface area (Å²) in [7, 11) is 0. The van der Waals surface area contributed by atoms with Crippen molar-refractivity contribution in [1.82, 2.24) is 20.9 Å². The molecule has 1 saturated heterocycles. The highest BCUT2D eigenvalue weighted by atomic mass is 16.2. The molecule has 2 atom stereocenters.